The molecule has 2 nitrogen and oxygen atoms in total. The summed E-state index contributed by atoms with van der Waals surface area (Å²) in [6.07, 6.45) is 10.8. The van der Waals surface area contributed by atoms with Gasteiger partial charge in [-0.2, -0.15) is 0 Å². The molecule has 1 fully saturated rings. The molecule has 0 bridgehead atoms. The van der Waals surface area contributed by atoms with Crippen molar-refractivity contribution in [2.24, 2.45) is 5.92 Å². The van der Waals surface area contributed by atoms with E-state index in [1.54, 1.807) is 6.20 Å². The van der Waals surface area contributed by atoms with E-state index < -0.39 is 0 Å². The summed E-state index contributed by atoms with van der Waals surface area (Å²) in [5, 5.41) is 0. The Labute approximate surface area is 117 Å². The van der Waals surface area contributed by atoms with Crippen LogP contribution in [-0.2, 0) is 11.2 Å². The fraction of sp³-hybridized carbons (Fsp3) is 0.600. The summed E-state index contributed by atoms with van der Waals surface area (Å²) in [5.41, 5.74) is 0.894. The van der Waals surface area contributed by atoms with Crippen molar-refractivity contribution in [1.82, 2.24) is 4.98 Å². The van der Waals surface area contributed by atoms with Gasteiger partial charge in [0.15, 0.2) is 0 Å². The Hall–Kier alpha value is -0.700. The average molecular weight is 310 g/mol. The Balaban J connectivity index is 1.91. The molecular formula is C15H20BrNO. The van der Waals surface area contributed by atoms with Crippen LogP contribution >= 0.6 is 15.9 Å². The van der Waals surface area contributed by atoms with Gasteiger partial charge in [-0.05, 0) is 40.9 Å². The Kier molecular flexibility index (Phi) is 5.36. The lowest BCUT2D eigenvalue weighted by molar-refractivity contribution is -0.122. The Morgan fingerprint density at radius 3 is 2.44 bits per heavy atom. The highest BCUT2D eigenvalue weighted by Crippen LogP contribution is 2.24. The highest BCUT2D eigenvalue weighted by molar-refractivity contribution is 9.10. The van der Waals surface area contributed by atoms with Crippen molar-refractivity contribution in [3.05, 3.63) is 28.5 Å². The molecule has 1 heterocycles. The van der Waals surface area contributed by atoms with Crippen LogP contribution in [-0.4, -0.2) is 10.8 Å². The third-order valence-corrected chi connectivity index (χ3v) is 4.17. The zero-order valence-corrected chi connectivity index (χ0v) is 12.3. The van der Waals surface area contributed by atoms with Crippen molar-refractivity contribution in [2.75, 3.05) is 0 Å². The molecule has 0 aromatic carbocycles. The largest absolute Gasteiger partial charge is 0.299 e. The van der Waals surface area contributed by atoms with Gasteiger partial charge in [0.1, 0.15) is 5.78 Å². The number of halogens is 1. The normalized spacial score (nSPS) is 18.1. The van der Waals surface area contributed by atoms with Gasteiger partial charge in [0.25, 0.3) is 0 Å². The molecule has 1 aromatic heterocycles. The van der Waals surface area contributed by atoms with E-state index in [9.17, 15) is 4.79 Å². The summed E-state index contributed by atoms with van der Waals surface area (Å²) in [4.78, 5) is 16.6. The summed E-state index contributed by atoms with van der Waals surface area (Å²) >= 11 is 3.36. The van der Waals surface area contributed by atoms with E-state index in [0.717, 1.165) is 23.0 Å². The summed E-state index contributed by atoms with van der Waals surface area (Å²) < 4.78 is 0.963. The van der Waals surface area contributed by atoms with Gasteiger partial charge in [0.05, 0.1) is 0 Å². The van der Waals surface area contributed by atoms with Crippen molar-refractivity contribution in [3.8, 4) is 0 Å². The summed E-state index contributed by atoms with van der Waals surface area (Å²) in [7, 11) is 0. The van der Waals surface area contributed by atoms with Crippen molar-refractivity contribution in [2.45, 2.75) is 51.4 Å². The maximum Gasteiger partial charge on any atom is 0.141 e. The molecule has 0 amide bonds. The minimum absolute atomic E-state index is 0.274. The molecule has 18 heavy (non-hydrogen) atoms. The predicted octanol–water partition coefficient (Wildman–Crippen LogP) is 4.32. The monoisotopic (exact) mass is 309 g/mol. The highest BCUT2D eigenvalue weighted by Gasteiger charge is 2.19. The first-order chi connectivity index (χ1) is 8.75. The maximum absolute atomic E-state index is 12.3. The number of pyridine rings is 1. The topological polar surface area (TPSA) is 30.0 Å². The van der Waals surface area contributed by atoms with Crippen LogP contribution in [0.4, 0.5) is 0 Å². The number of aromatic nitrogens is 1. The smallest absolute Gasteiger partial charge is 0.141 e. The standard InChI is InChI=1S/C15H20BrNO/c16-13-8-9-14(17-11-13)10-15(18)12-6-4-2-1-3-5-7-12/h8-9,11-12H,1-7,10H2. The van der Waals surface area contributed by atoms with Crippen LogP contribution in [0, 0.1) is 5.92 Å². The lowest BCUT2D eigenvalue weighted by Gasteiger charge is -2.18. The van der Waals surface area contributed by atoms with Gasteiger partial charge in [-0.25, -0.2) is 0 Å². The van der Waals surface area contributed by atoms with Gasteiger partial charge in [-0.15, -0.1) is 0 Å². The summed E-state index contributed by atoms with van der Waals surface area (Å²) in [6, 6.07) is 3.89. The maximum atomic E-state index is 12.3. The van der Waals surface area contributed by atoms with E-state index in [0.29, 0.717) is 12.2 Å². The molecular weight excluding hydrogens is 290 g/mol. The lowest BCUT2D eigenvalue weighted by Crippen LogP contribution is -2.18. The second-order valence-electron chi connectivity index (χ2n) is 5.15. The van der Waals surface area contributed by atoms with Gasteiger partial charge >= 0.3 is 0 Å². The number of nitrogens with zero attached hydrogens (tertiary/aromatic N) is 1. The molecule has 0 saturated heterocycles. The van der Waals surface area contributed by atoms with Crippen LogP contribution in [0.1, 0.15) is 50.6 Å². The molecule has 2 rings (SSSR count). The Morgan fingerprint density at radius 1 is 1.17 bits per heavy atom. The number of ketones is 1. The number of Topliss-reactive ketones (excluding diaryl/α,β-unsaturated/α-hetero) is 1. The van der Waals surface area contributed by atoms with Crippen LogP contribution in [0.15, 0.2) is 22.8 Å². The van der Waals surface area contributed by atoms with Gasteiger partial charge in [-0.1, -0.05) is 32.1 Å². The molecule has 0 unspecified atom stereocenters. The molecule has 0 N–H and O–H groups in total. The second-order valence-corrected chi connectivity index (χ2v) is 6.07. The summed E-state index contributed by atoms with van der Waals surface area (Å²) in [5.74, 6) is 0.655. The van der Waals surface area contributed by atoms with Crippen molar-refractivity contribution < 1.29 is 4.79 Å². The molecule has 98 valence electrons. The van der Waals surface area contributed by atoms with E-state index in [4.69, 9.17) is 0 Å². The Bertz CT molecular complexity index is 380. The predicted molar refractivity (Wildman–Crippen MR) is 76.5 cm³/mol. The van der Waals surface area contributed by atoms with Crippen molar-refractivity contribution in [1.29, 1.82) is 0 Å². The number of carbonyl (C=O) groups excluding carboxylic acids is 1. The second kappa shape index (κ2) is 7.03. The summed E-state index contributed by atoms with van der Waals surface area (Å²) in [6.45, 7) is 0. The van der Waals surface area contributed by atoms with E-state index in [-0.39, 0.29) is 5.92 Å². The van der Waals surface area contributed by atoms with Crippen LogP contribution < -0.4 is 0 Å². The Morgan fingerprint density at radius 2 is 1.83 bits per heavy atom. The minimum atomic E-state index is 0.274. The molecule has 1 aliphatic rings. The average Bonchev–Trinajstić information content (AvgIpc) is 2.31. The third kappa shape index (κ3) is 4.20. The van der Waals surface area contributed by atoms with E-state index >= 15 is 0 Å². The quantitative estimate of drug-likeness (QED) is 0.832. The molecule has 0 aliphatic heterocycles. The molecule has 3 heteroatoms. The van der Waals surface area contributed by atoms with Crippen molar-refractivity contribution in [3.63, 3.8) is 0 Å². The molecule has 1 aromatic rings. The molecule has 1 aliphatic carbocycles. The van der Waals surface area contributed by atoms with E-state index in [2.05, 4.69) is 20.9 Å². The zero-order chi connectivity index (χ0) is 12.8. The fourth-order valence-corrected chi connectivity index (χ4v) is 2.85. The molecule has 0 atom stereocenters. The molecule has 0 spiro atoms. The third-order valence-electron chi connectivity index (χ3n) is 3.70. The van der Waals surface area contributed by atoms with Crippen LogP contribution in [0.3, 0.4) is 0 Å². The van der Waals surface area contributed by atoms with E-state index in [1.807, 2.05) is 12.1 Å². The van der Waals surface area contributed by atoms with Crippen LogP contribution in [0.5, 0.6) is 0 Å². The molecule has 0 radical (unpaired) electrons. The van der Waals surface area contributed by atoms with Crippen LogP contribution in [0.2, 0.25) is 0 Å². The van der Waals surface area contributed by atoms with Gasteiger partial charge < -0.3 is 0 Å². The van der Waals surface area contributed by atoms with Crippen molar-refractivity contribution >= 4 is 21.7 Å². The number of hydrogen-bond acceptors (Lipinski definition) is 2. The SMILES string of the molecule is O=C(Cc1ccc(Br)cn1)C1CCCCCCC1. The number of rotatable bonds is 3. The zero-order valence-electron chi connectivity index (χ0n) is 10.7. The van der Waals surface area contributed by atoms with Gasteiger partial charge in [-0.3, -0.25) is 9.78 Å². The number of hydrogen-bond donors (Lipinski definition) is 0. The van der Waals surface area contributed by atoms with E-state index in [1.165, 1.54) is 32.1 Å². The van der Waals surface area contributed by atoms with Crippen LogP contribution in [0.25, 0.3) is 0 Å². The number of carbonyl (C=O) groups is 1. The van der Waals surface area contributed by atoms with Gasteiger partial charge in [0, 0.05) is 28.7 Å². The van der Waals surface area contributed by atoms with Gasteiger partial charge in [0.2, 0.25) is 0 Å². The molecule has 1 saturated carbocycles. The first-order valence-electron chi connectivity index (χ1n) is 6.89. The minimum Gasteiger partial charge on any atom is -0.299 e. The fourth-order valence-electron chi connectivity index (χ4n) is 2.61. The first kappa shape index (κ1) is 13.7. The highest BCUT2D eigenvalue weighted by atomic mass is 79.9. The first-order valence-corrected chi connectivity index (χ1v) is 7.68. The lowest BCUT2D eigenvalue weighted by atomic mass is 9.86.